The highest BCUT2D eigenvalue weighted by atomic mass is 32.2. The molecule has 0 fully saturated rings. The molecular weight excluding hydrogens is 339 g/mol. The molecule has 2 amide bonds. The molecule has 0 aromatic heterocycles. The van der Waals surface area contributed by atoms with Crippen LogP contribution >= 0.6 is 11.8 Å². The molecule has 0 heterocycles. The van der Waals surface area contributed by atoms with Gasteiger partial charge in [0.15, 0.2) is 0 Å². The van der Waals surface area contributed by atoms with Gasteiger partial charge in [0.2, 0.25) is 11.8 Å². The number of nitrogens with zero attached hydrogens (tertiary/aromatic N) is 1. The second kappa shape index (κ2) is 8.67. The molecule has 6 heteroatoms. The number of thioether (sulfide) groups is 1. The van der Waals surface area contributed by atoms with E-state index in [1.54, 1.807) is 7.05 Å². The zero-order valence-corrected chi connectivity index (χ0v) is 15.3. The van der Waals surface area contributed by atoms with Crippen LogP contribution in [0.3, 0.4) is 0 Å². The van der Waals surface area contributed by atoms with Crippen molar-refractivity contribution >= 4 is 29.3 Å². The Hall–Kier alpha value is -2.34. The van der Waals surface area contributed by atoms with Crippen molar-refractivity contribution in [1.29, 1.82) is 0 Å². The van der Waals surface area contributed by atoms with Crippen molar-refractivity contribution in [1.82, 2.24) is 4.90 Å². The van der Waals surface area contributed by atoms with Crippen molar-refractivity contribution in [3.63, 3.8) is 0 Å². The summed E-state index contributed by atoms with van der Waals surface area (Å²) in [6, 6.07) is 11.6. The third-order valence-electron chi connectivity index (χ3n) is 3.63. The molecule has 1 N–H and O–H groups in total. The molecule has 25 heavy (non-hydrogen) atoms. The topological polar surface area (TPSA) is 49.4 Å². The Balaban J connectivity index is 1.84. The number of aryl methyl sites for hydroxylation is 2. The first-order valence-electron chi connectivity index (χ1n) is 7.84. The summed E-state index contributed by atoms with van der Waals surface area (Å²) >= 11 is 1.47. The van der Waals surface area contributed by atoms with E-state index in [2.05, 4.69) is 11.4 Å². The van der Waals surface area contributed by atoms with E-state index in [0.717, 1.165) is 16.0 Å². The highest BCUT2D eigenvalue weighted by Gasteiger charge is 2.14. The molecule has 0 aliphatic carbocycles. The summed E-state index contributed by atoms with van der Waals surface area (Å²) in [4.78, 5) is 26.7. The van der Waals surface area contributed by atoms with Gasteiger partial charge in [-0.15, -0.1) is 11.8 Å². The Morgan fingerprint density at radius 1 is 1.12 bits per heavy atom. The summed E-state index contributed by atoms with van der Waals surface area (Å²) in [6.07, 6.45) is 0. The molecule has 4 nitrogen and oxygen atoms in total. The predicted molar refractivity (Wildman–Crippen MR) is 99.3 cm³/mol. The smallest absolute Gasteiger partial charge is 0.243 e. The van der Waals surface area contributed by atoms with Crippen LogP contribution in [0.15, 0.2) is 47.4 Å². The highest BCUT2D eigenvalue weighted by Crippen LogP contribution is 2.23. The highest BCUT2D eigenvalue weighted by molar-refractivity contribution is 8.00. The standard InChI is InChI=1S/C19H21FN2O2S/c1-13-4-5-14(2)17(10-13)25-12-19(24)22(3)11-18(23)21-16-8-6-15(20)7-9-16/h4-10H,11-12H2,1-3H3,(H,21,23). The van der Waals surface area contributed by atoms with Gasteiger partial charge < -0.3 is 10.2 Å². The second-order valence-corrected chi connectivity index (χ2v) is 6.88. The fraction of sp³-hybridized carbons (Fsp3) is 0.263. The number of hydrogen-bond acceptors (Lipinski definition) is 3. The van der Waals surface area contributed by atoms with Crippen LogP contribution in [0.1, 0.15) is 11.1 Å². The number of carbonyl (C=O) groups is 2. The van der Waals surface area contributed by atoms with Gasteiger partial charge in [-0.25, -0.2) is 4.39 Å². The average Bonchev–Trinajstić information content (AvgIpc) is 2.57. The van der Waals surface area contributed by atoms with Gasteiger partial charge in [-0.1, -0.05) is 17.7 Å². The lowest BCUT2D eigenvalue weighted by molar-refractivity contribution is -0.131. The van der Waals surface area contributed by atoms with Gasteiger partial charge in [-0.3, -0.25) is 9.59 Å². The number of amides is 2. The third kappa shape index (κ3) is 5.90. The summed E-state index contributed by atoms with van der Waals surface area (Å²) in [6.45, 7) is 3.97. The Morgan fingerprint density at radius 3 is 2.48 bits per heavy atom. The summed E-state index contributed by atoms with van der Waals surface area (Å²) in [5, 5.41) is 2.64. The molecule has 0 aliphatic rings. The molecule has 0 atom stereocenters. The molecule has 2 aromatic rings. The monoisotopic (exact) mass is 360 g/mol. The molecule has 0 spiro atoms. The molecule has 0 radical (unpaired) electrons. The molecular formula is C19H21FN2O2S. The van der Waals surface area contributed by atoms with Gasteiger partial charge in [0, 0.05) is 17.6 Å². The zero-order valence-electron chi connectivity index (χ0n) is 14.5. The van der Waals surface area contributed by atoms with Gasteiger partial charge in [0.1, 0.15) is 5.82 Å². The van der Waals surface area contributed by atoms with Crippen LogP contribution < -0.4 is 5.32 Å². The number of carbonyl (C=O) groups excluding carboxylic acids is 2. The first-order valence-corrected chi connectivity index (χ1v) is 8.83. The fourth-order valence-corrected chi connectivity index (χ4v) is 3.21. The van der Waals surface area contributed by atoms with Gasteiger partial charge >= 0.3 is 0 Å². The van der Waals surface area contributed by atoms with E-state index < -0.39 is 0 Å². The zero-order chi connectivity index (χ0) is 18.4. The number of rotatable bonds is 6. The molecule has 0 aliphatic heterocycles. The first-order chi connectivity index (χ1) is 11.8. The van der Waals surface area contributed by atoms with Gasteiger partial charge in [0.25, 0.3) is 0 Å². The van der Waals surface area contributed by atoms with Gasteiger partial charge in [0.05, 0.1) is 12.3 Å². The van der Waals surface area contributed by atoms with Crippen molar-refractivity contribution in [3.8, 4) is 0 Å². The maximum Gasteiger partial charge on any atom is 0.243 e. The minimum Gasteiger partial charge on any atom is -0.336 e. The van der Waals surface area contributed by atoms with E-state index in [0.29, 0.717) is 5.69 Å². The minimum absolute atomic E-state index is 0.0520. The molecule has 2 rings (SSSR count). The number of benzene rings is 2. The van der Waals surface area contributed by atoms with Crippen molar-refractivity contribution in [2.45, 2.75) is 18.7 Å². The normalized spacial score (nSPS) is 10.4. The minimum atomic E-state index is -0.367. The SMILES string of the molecule is Cc1ccc(C)c(SCC(=O)N(C)CC(=O)Nc2ccc(F)cc2)c1. The molecule has 0 saturated heterocycles. The van der Waals surface area contributed by atoms with E-state index in [9.17, 15) is 14.0 Å². The molecule has 2 aromatic carbocycles. The number of halogens is 1. The van der Waals surface area contributed by atoms with Crippen molar-refractivity contribution in [3.05, 3.63) is 59.4 Å². The Morgan fingerprint density at radius 2 is 1.80 bits per heavy atom. The first kappa shape index (κ1) is 19.0. The molecule has 132 valence electrons. The third-order valence-corrected chi connectivity index (χ3v) is 4.77. The van der Waals surface area contributed by atoms with Crippen molar-refractivity contribution < 1.29 is 14.0 Å². The van der Waals surface area contributed by atoms with Crippen LogP contribution in [0.2, 0.25) is 0 Å². The summed E-state index contributed by atoms with van der Waals surface area (Å²) < 4.78 is 12.9. The predicted octanol–water partition coefficient (Wildman–Crippen LogP) is 3.63. The quantitative estimate of drug-likeness (QED) is 0.801. The van der Waals surface area contributed by atoms with E-state index in [1.165, 1.54) is 40.9 Å². The second-order valence-electron chi connectivity index (χ2n) is 5.86. The molecule has 0 unspecified atom stereocenters. The van der Waals surface area contributed by atoms with Crippen LogP contribution in [0, 0.1) is 19.7 Å². The van der Waals surface area contributed by atoms with Gasteiger partial charge in [-0.2, -0.15) is 0 Å². The molecule has 0 bridgehead atoms. The van der Waals surface area contributed by atoms with Crippen LogP contribution in [0.4, 0.5) is 10.1 Å². The maximum absolute atomic E-state index is 12.9. The Bertz CT molecular complexity index is 763. The largest absolute Gasteiger partial charge is 0.336 e. The fourth-order valence-electron chi connectivity index (χ4n) is 2.15. The lowest BCUT2D eigenvalue weighted by atomic mass is 10.2. The number of anilines is 1. The van der Waals surface area contributed by atoms with E-state index in [-0.39, 0.29) is 29.9 Å². The van der Waals surface area contributed by atoms with Crippen molar-refractivity contribution in [2.24, 2.45) is 0 Å². The summed E-state index contributed by atoms with van der Waals surface area (Å²) in [7, 11) is 1.59. The van der Waals surface area contributed by atoms with Crippen molar-refractivity contribution in [2.75, 3.05) is 24.7 Å². The van der Waals surface area contributed by atoms with Crippen LogP contribution in [0.5, 0.6) is 0 Å². The number of likely N-dealkylation sites (N-methyl/N-ethyl adjacent to an activating group) is 1. The average molecular weight is 360 g/mol. The lowest BCUT2D eigenvalue weighted by Crippen LogP contribution is -2.35. The van der Waals surface area contributed by atoms with Gasteiger partial charge in [-0.05, 0) is 49.7 Å². The lowest BCUT2D eigenvalue weighted by Gasteiger charge is -2.17. The Labute approximate surface area is 151 Å². The summed E-state index contributed by atoms with van der Waals surface area (Å²) in [5.41, 5.74) is 2.77. The van der Waals surface area contributed by atoms with Crippen LogP contribution in [-0.4, -0.2) is 36.1 Å². The van der Waals surface area contributed by atoms with E-state index in [1.807, 2.05) is 26.0 Å². The van der Waals surface area contributed by atoms with Crippen LogP contribution in [-0.2, 0) is 9.59 Å². The molecule has 0 saturated carbocycles. The summed E-state index contributed by atoms with van der Waals surface area (Å²) in [5.74, 6) is -0.543. The van der Waals surface area contributed by atoms with E-state index in [4.69, 9.17) is 0 Å². The van der Waals surface area contributed by atoms with E-state index >= 15 is 0 Å². The number of hydrogen-bond donors (Lipinski definition) is 1. The van der Waals surface area contributed by atoms with Crippen LogP contribution in [0.25, 0.3) is 0 Å². The number of nitrogens with one attached hydrogen (secondary N) is 1. The maximum atomic E-state index is 12.9. The Kier molecular flexibility index (Phi) is 6.58.